The zero-order chi connectivity index (χ0) is 17.9. The Morgan fingerprint density at radius 3 is 2.38 bits per heavy atom. The smallest absolute Gasteiger partial charge is 0.389 e. The summed E-state index contributed by atoms with van der Waals surface area (Å²) in [5, 5.41) is 17.8. The van der Waals surface area contributed by atoms with Crippen LogP contribution < -0.4 is 5.56 Å². The van der Waals surface area contributed by atoms with Crippen molar-refractivity contribution in [3.05, 3.63) is 57.9 Å². The van der Waals surface area contributed by atoms with Gasteiger partial charge in [0, 0.05) is 0 Å². The lowest BCUT2D eigenvalue weighted by molar-refractivity contribution is -0.137. The standard InChI is InChI=1S/C16H11F3N2O3/c17-16(18,19)13-6-14(10-4-2-1-3-5-10)21(8-11(23)9-22)15(24)12(13)7-20/h1-6,22H,8-9H2. The Balaban J connectivity index is 2.85. The molecular weight excluding hydrogens is 325 g/mol. The second kappa shape index (κ2) is 6.68. The number of halogens is 3. The number of hydrogen-bond acceptors (Lipinski definition) is 4. The summed E-state index contributed by atoms with van der Waals surface area (Å²) in [7, 11) is 0. The number of aliphatic hydroxyl groups excluding tert-OH is 1. The largest absolute Gasteiger partial charge is 0.417 e. The number of pyridine rings is 1. The van der Waals surface area contributed by atoms with Gasteiger partial charge in [0.25, 0.3) is 5.56 Å². The van der Waals surface area contributed by atoms with Gasteiger partial charge in [0.15, 0.2) is 5.78 Å². The van der Waals surface area contributed by atoms with Crippen LogP contribution in [0.5, 0.6) is 0 Å². The summed E-state index contributed by atoms with van der Waals surface area (Å²) in [4.78, 5) is 23.8. The van der Waals surface area contributed by atoms with Crippen LogP contribution >= 0.6 is 0 Å². The third-order valence-electron chi connectivity index (χ3n) is 3.30. The molecule has 0 radical (unpaired) electrons. The van der Waals surface area contributed by atoms with Crippen molar-refractivity contribution in [2.24, 2.45) is 0 Å². The molecule has 0 bridgehead atoms. The first-order valence-corrected chi connectivity index (χ1v) is 6.72. The number of alkyl halides is 3. The van der Waals surface area contributed by atoms with Crippen LogP contribution in [0, 0.1) is 11.3 Å². The van der Waals surface area contributed by atoms with Crippen molar-refractivity contribution in [2.75, 3.05) is 6.61 Å². The minimum atomic E-state index is -4.90. The number of Topliss-reactive ketones (excluding diaryl/α,β-unsaturated/α-hetero) is 1. The number of hydrogen-bond donors (Lipinski definition) is 1. The molecule has 0 fully saturated rings. The first kappa shape index (κ1) is 17.4. The van der Waals surface area contributed by atoms with Crippen molar-refractivity contribution in [3.63, 3.8) is 0 Å². The van der Waals surface area contributed by atoms with E-state index in [4.69, 9.17) is 10.4 Å². The Bertz CT molecular complexity index is 865. The first-order chi connectivity index (χ1) is 11.3. The van der Waals surface area contributed by atoms with E-state index in [0.717, 1.165) is 4.57 Å². The van der Waals surface area contributed by atoms with Gasteiger partial charge >= 0.3 is 6.18 Å². The van der Waals surface area contributed by atoms with Gasteiger partial charge in [0.1, 0.15) is 18.2 Å². The Morgan fingerprint density at radius 1 is 1.25 bits per heavy atom. The highest BCUT2D eigenvalue weighted by Gasteiger charge is 2.36. The molecule has 24 heavy (non-hydrogen) atoms. The SMILES string of the molecule is N#Cc1c(C(F)(F)F)cc(-c2ccccc2)n(CC(=O)CO)c1=O. The lowest BCUT2D eigenvalue weighted by Crippen LogP contribution is -2.31. The summed E-state index contributed by atoms with van der Waals surface area (Å²) in [5.74, 6) is -0.766. The summed E-state index contributed by atoms with van der Waals surface area (Å²) in [6.07, 6.45) is -4.90. The Morgan fingerprint density at radius 2 is 1.88 bits per heavy atom. The van der Waals surface area contributed by atoms with Crippen LogP contribution in [-0.4, -0.2) is 22.1 Å². The molecule has 2 rings (SSSR count). The van der Waals surface area contributed by atoms with Crippen molar-refractivity contribution < 1.29 is 23.1 Å². The monoisotopic (exact) mass is 336 g/mol. The Labute approximate surface area is 134 Å². The van der Waals surface area contributed by atoms with E-state index in [9.17, 15) is 22.8 Å². The molecule has 1 aromatic carbocycles. The van der Waals surface area contributed by atoms with Gasteiger partial charge in [-0.15, -0.1) is 0 Å². The summed E-state index contributed by atoms with van der Waals surface area (Å²) in [6, 6.07) is 9.62. The van der Waals surface area contributed by atoms with Crippen molar-refractivity contribution in [1.82, 2.24) is 4.57 Å². The lowest BCUT2D eigenvalue weighted by atomic mass is 10.0. The maximum Gasteiger partial charge on any atom is 0.417 e. The minimum Gasteiger partial charge on any atom is -0.389 e. The molecular formula is C16H11F3N2O3. The van der Waals surface area contributed by atoms with E-state index in [1.54, 1.807) is 18.2 Å². The molecule has 2 aromatic rings. The molecule has 0 aliphatic heterocycles. The molecule has 0 aliphatic rings. The highest BCUT2D eigenvalue weighted by Crippen LogP contribution is 2.33. The summed E-state index contributed by atoms with van der Waals surface area (Å²) in [5.41, 5.74) is -3.56. The van der Waals surface area contributed by atoms with Crippen LogP contribution in [0.4, 0.5) is 13.2 Å². The molecule has 0 saturated heterocycles. The maximum absolute atomic E-state index is 13.2. The molecule has 0 amide bonds. The summed E-state index contributed by atoms with van der Waals surface area (Å²) in [6.45, 7) is -1.50. The van der Waals surface area contributed by atoms with Gasteiger partial charge in [-0.25, -0.2) is 0 Å². The number of rotatable bonds is 4. The van der Waals surface area contributed by atoms with Crippen LogP contribution in [0.3, 0.4) is 0 Å². The van der Waals surface area contributed by atoms with Crippen molar-refractivity contribution >= 4 is 5.78 Å². The van der Waals surface area contributed by atoms with E-state index >= 15 is 0 Å². The maximum atomic E-state index is 13.2. The van der Waals surface area contributed by atoms with Gasteiger partial charge in [-0.05, 0) is 11.6 Å². The number of ketones is 1. The fourth-order valence-electron chi connectivity index (χ4n) is 2.21. The highest BCUT2D eigenvalue weighted by molar-refractivity contribution is 5.80. The number of nitrogens with zero attached hydrogens (tertiary/aromatic N) is 2. The topological polar surface area (TPSA) is 83.1 Å². The normalized spacial score (nSPS) is 11.1. The van der Waals surface area contributed by atoms with Crippen molar-refractivity contribution in [3.8, 4) is 17.3 Å². The average Bonchev–Trinajstić information content (AvgIpc) is 2.55. The second-order valence-electron chi connectivity index (χ2n) is 4.88. The van der Waals surface area contributed by atoms with Crippen LogP contribution in [0.15, 0.2) is 41.2 Å². The van der Waals surface area contributed by atoms with E-state index in [0.29, 0.717) is 6.07 Å². The molecule has 0 unspecified atom stereocenters. The molecule has 1 N–H and O–H groups in total. The second-order valence-corrected chi connectivity index (χ2v) is 4.88. The summed E-state index contributed by atoms with van der Waals surface area (Å²) < 4.78 is 40.3. The fourth-order valence-corrected chi connectivity index (χ4v) is 2.21. The quantitative estimate of drug-likeness (QED) is 0.925. The van der Waals surface area contributed by atoms with E-state index in [1.807, 2.05) is 0 Å². The third kappa shape index (κ3) is 3.36. The first-order valence-electron chi connectivity index (χ1n) is 6.72. The Kier molecular flexibility index (Phi) is 4.85. The lowest BCUT2D eigenvalue weighted by Gasteiger charge is -2.16. The number of carbonyl (C=O) groups is 1. The number of nitriles is 1. The van der Waals surface area contributed by atoms with Crippen LogP contribution in [0.1, 0.15) is 11.1 Å². The molecule has 8 heteroatoms. The number of carbonyl (C=O) groups excluding carboxylic acids is 1. The van der Waals surface area contributed by atoms with E-state index in [1.165, 1.54) is 18.2 Å². The van der Waals surface area contributed by atoms with Gasteiger partial charge < -0.3 is 5.11 Å². The minimum absolute atomic E-state index is 0.159. The number of benzene rings is 1. The van der Waals surface area contributed by atoms with Gasteiger partial charge in [0.2, 0.25) is 0 Å². The molecule has 0 spiro atoms. The van der Waals surface area contributed by atoms with Crippen molar-refractivity contribution in [2.45, 2.75) is 12.7 Å². The van der Waals surface area contributed by atoms with Gasteiger partial charge in [0.05, 0.1) is 17.8 Å². The van der Waals surface area contributed by atoms with E-state index < -0.39 is 41.8 Å². The molecule has 1 heterocycles. The van der Waals surface area contributed by atoms with Gasteiger partial charge in [-0.3, -0.25) is 14.2 Å². The molecule has 124 valence electrons. The average molecular weight is 336 g/mol. The predicted octanol–water partition coefficient (Wildman–Crippen LogP) is 1.97. The van der Waals surface area contributed by atoms with E-state index in [-0.39, 0.29) is 11.3 Å². The number of aliphatic hydroxyl groups is 1. The van der Waals surface area contributed by atoms with Crippen LogP contribution in [0.25, 0.3) is 11.3 Å². The van der Waals surface area contributed by atoms with Crippen LogP contribution in [-0.2, 0) is 17.5 Å². The Hall–Kier alpha value is -2.92. The molecule has 1 aromatic heterocycles. The predicted molar refractivity (Wildman–Crippen MR) is 77.9 cm³/mol. The van der Waals surface area contributed by atoms with Crippen LogP contribution in [0.2, 0.25) is 0 Å². The zero-order valence-electron chi connectivity index (χ0n) is 12.2. The third-order valence-corrected chi connectivity index (χ3v) is 3.30. The molecule has 0 atom stereocenters. The molecule has 5 nitrogen and oxygen atoms in total. The fraction of sp³-hybridized carbons (Fsp3) is 0.188. The van der Waals surface area contributed by atoms with Gasteiger partial charge in [-0.2, -0.15) is 18.4 Å². The van der Waals surface area contributed by atoms with Gasteiger partial charge in [-0.1, -0.05) is 30.3 Å². The van der Waals surface area contributed by atoms with E-state index in [2.05, 4.69) is 0 Å². The molecule has 0 aliphatic carbocycles. The summed E-state index contributed by atoms with van der Waals surface area (Å²) >= 11 is 0. The highest BCUT2D eigenvalue weighted by atomic mass is 19.4. The molecule has 0 saturated carbocycles. The van der Waals surface area contributed by atoms with Crippen molar-refractivity contribution in [1.29, 1.82) is 5.26 Å². The zero-order valence-corrected chi connectivity index (χ0v) is 12.2. The number of aromatic nitrogens is 1.